The molecule has 3 atom stereocenters. The number of rotatable bonds is 4. The van der Waals surface area contributed by atoms with Crippen LogP contribution in [0.5, 0.6) is 0 Å². The number of nitrogens with zero attached hydrogens (tertiary/aromatic N) is 6. The van der Waals surface area contributed by atoms with E-state index in [1.165, 1.54) is 6.07 Å². The largest absolute Gasteiger partial charge is 0.355 e. The average Bonchev–Trinajstić information content (AvgIpc) is 3.06. The van der Waals surface area contributed by atoms with Crippen molar-refractivity contribution in [3.63, 3.8) is 0 Å². The number of anilines is 1. The topological polar surface area (TPSA) is 102 Å². The van der Waals surface area contributed by atoms with E-state index >= 15 is 0 Å². The van der Waals surface area contributed by atoms with Gasteiger partial charge in [-0.15, -0.1) is 0 Å². The third-order valence-corrected chi connectivity index (χ3v) is 7.61. The van der Waals surface area contributed by atoms with E-state index in [0.29, 0.717) is 24.0 Å². The molecule has 1 aliphatic heterocycles. The fourth-order valence-electron chi connectivity index (χ4n) is 5.70. The van der Waals surface area contributed by atoms with E-state index in [4.69, 9.17) is 15.7 Å². The first kappa shape index (κ1) is 19.4. The molecule has 1 aliphatic carbocycles. The van der Waals surface area contributed by atoms with Crippen molar-refractivity contribution in [3.8, 4) is 11.3 Å². The van der Waals surface area contributed by atoms with E-state index in [1.54, 1.807) is 12.3 Å². The second-order valence-corrected chi connectivity index (χ2v) is 8.94. The zero-order chi connectivity index (χ0) is 22.0. The molecule has 0 radical (unpaired) electrons. The molecule has 6 rings (SSSR count). The lowest BCUT2D eigenvalue weighted by Crippen LogP contribution is -2.32. The van der Waals surface area contributed by atoms with Gasteiger partial charge in [-0.1, -0.05) is 18.2 Å². The molecule has 1 saturated carbocycles. The van der Waals surface area contributed by atoms with Crippen LogP contribution in [0.1, 0.15) is 17.7 Å². The number of hydrogen-bond donors (Lipinski definition) is 2. The standard InChI is InChI=1S/C23H25FN8/c1-13-14(9-27-31(13)2)20-21-22(30-29-20)28-19(10-26-21)32-8-7-15-17(11-32)23(15,12-25)16-5-3-4-6-18(16)24/h3-6,9-10,15,17H,7-8,11-12,25H2,1-2H3,(H,28,29,30)/t15-,17+,23-/m1/s1. The second-order valence-electron chi connectivity index (χ2n) is 8.94. The van der Waals surface area contributed by atoms with Gasteiger partial charge in [0.15, 0.2) is 5.65 Å². The Balaban J connectivity index is 1.30. The molecule has 4 heterocycles. The van der Waals surface area contributed by atoms with Crippen molar-refractivity contribution < 1.29 is 4.39 Å². The van der Waals surface area contributed by atoms with Gasteiger partial charge in [0.05, 0.1) is 12.4 Å². The van der Waals surface area contributed by atoms with Gasteiger partial charge in [0.2, 0.25) is 0 Å². The minimum absolute atomic E-state index is 0.157. The van der Waals surface area contributed by atoms with Gasteiger partial charge in [0.1, 0.15) is 22.8 Å². The highest BCUT2D eigenvalue weighted by atomic mass is 19.1. The summed E-state index contributed by atoms with van der Waals surface area (Å²) in [5.41, 5.74) is 10.8. The molecule has 4 aromatic rings. The number of aromatic amines is 1. The Morgan fingerprint density at radius 1 is 1.25 bits per heavy atom. The summed E-state index contributed by atoms with van der Waals surface area (Å²) < 4.78 is 16.4. The number of aryl methyl sites for hydroxylation is 1. The Labute approximate surface area is 184 Å². The van der Waals surface area contributed by atoms with Crippen LogP contribution in [0.15, 0.2) is 36.7 Å². The van der Waals surface area contributed by atoms with Gasteiger partial charge >= 0.3 is 0 Å². The zero-order valence-electron chi connectivity index (χ0n) is 18.1. The van der Waals surface area contributed by atoms with Crippen molar-refractivity contribution >= 4 is 17.0 Å². The van der Waals surface area contributed by atoms with Crippen LogP contribution < -0.4 is 10.6 Å². The Morgan fingerprint density at radius 3 is 2.84 bits per heavy atom. The van der Waals surface area contributed by atoms with Crippen LogP contribution in [0.4, 0.5) is 10.2 Å². The van der Waals surface area contributed by atoms with Gasteiger partial charge in [0, 0.05) is 43.4 Å². The van der Waals surface area contributed by atoms with E-state index in [9.17, 15) is 4.39 Å². The SMILES string of the molecule is Cc1c(-c2n[nH]c3nc(N4CC[C@@H]5[C@H](C4)[C@@]5(CN)c4ccccc4F)cnc23)cnn1C. The molecule has 0 spiro atoms. The van der Waals surface area contributed by atoms with Gasteiger partial charge in [-0.05, 0) is 36.8 Å². The number of nitrogens with two attached hydrogens (primary N) is 1. The molecule has 2 fully saturated rings. The average molecular weight is 433 g/mol. The molecule has 3 aromatic heterocycles. The maximum absolute atomic E-state index is 14.6. The van der Waals surface area contributed by atoms with Crippen LogP contribution in [0.2, 0.25) is 0 Å². The normalized spacial score (nSPS) is 24.7. The van der Waals surface area contributed by atoms with Gasteiger partial charge < -0.3 is 10.6 Å². The van der Waals surface area contributed by atoms with E-state index in [2.05, 4.69) is 20.2 Å². The van der Waals surface area contributed by atoms with Crippen LogP contribution >= 0.6 is 0 Å². The summed E-state index contributed by atoms with van der Waals surface area (Å²) in [6, 6.07) is 7.06. The predicted octanol–water partition coefficient (Wildman–Crippen LogP) is 2.55. The maximum atomic E-state index is 14.6. The number of aromatic nitrogens is 6. The lowest BCUT2D eigenvalue weighted by molar-refractivity contribution is 0.533. The van der Waals surface area contributed by atoms with E-state index in [-0.39, 0.29) is 11.2 Å². The summed E-state index contributed by atoms with van der Waals surface area (Å²) in [6.07, 6.45) is 4.57. The highest BCUT2D eigenvalue weighted by molar-refractivity contribution is 5.88. The summed E-state index contributed by atoms with van der Waals surface area (Å²) in [7, 11) is 1.90. The van der Waals surface area contributed by atoms with Crippen LogP contribution in [-0.4, -0.2) is 49.6 Å². The lowest BCUT2D eigenvalue weighted by atomic mass is 9.91. The Morgan fingerprint density at radius 2 is 2.09 bits per heavy atom. The molecule has 32 heavy (non-hydrogen) atoms. The highest BCUT2D eigenvalue weighted by Gasteiger charge is 2.66. The van der Waals surface area contributed by atoms with Crippen molar-refractivity contribution in [1.82, 2.24) is 29.9 Å². The van der Waals surface area contributed by atoms with Crippen molar-refractivity contribution in [2.24, 2.45) is 24.6 Å². The molecule has 0 amide bonds. The van der Waals surface area contributed by atoms with Crippen molar-refractivity contribution in [1.29, 1.82) is 0 Å². The number of fused-ring (bicyclic) bond motifs is 2. The summed E-state index contributed by atoms with van der Waals surface area (Å²) in [5.74, 6) is 1.37. The smallest absolute Gasteiger partial charge is 0.177 e. The summed E-state index contributed by atoms with van der Waals surface area (Å²) in [5, 5.41) is 11.8. The van der Waals surface area contributed by atoms with E-state index in [0.717, 1.165) is 53.4 Å². The van der Waals surface area contributed by atoms with Crippen LogP contribution in [0, 0.1) is 24.6 Å². The summed E-state index contributed by atoms with van der Waals surface area (Å²) in [6.45, 7) is 4.10. The summed E-state index contributed by atoms with van der Waals surface area (Å²) >= 11 is 0. The zero-order valence-corrected chi connectivity index (χ0v) is 18.1. The van der Waals surface area contributed by atoms with Crippen LogP contribution in [-0.2, 0) is 12.5 Å². The minimum Gasteiger partial charge on any atom is -0.355 e. The fraction of sp³-hybridized carbons (Fsp3) is 0.391. The third kappa shape index (κ3) is 2.57. The first-order valence-corrected chi connectivity index (χ1v) is 10.9. The van der Waals surface area contributed by atoms with Gasteiger partial charge in [-0.3, -0.25) is 9.78 Å². The van der Waals surface area contributed by atoms with E-state index in [1.807, 2.05) is 37.0 Å². The summed E-state index contributed by atoms with van der Waals surface area (Å²) in [4.78, 5) is 11.7. The number of H-pyrrole nitrogens is 1. The first-order valence-electron chi connectivity index (χ1n) is 10.9. The molecule has 1 aromatic carbocycles. The van der Waals surface area contributed by atoms with Crippen LogP contribution in [0.25, 0.3) is 22.4 Å². The fourth-order valence-corrected chi connectivity index (χ4v) is 5.70. The Kier molecular flexibility index (Phi) is 4.13. The van der Waals surface area contributed by atoms with Crippen LogP contribution in [0.3, 0.4) is 0 Å². The molecule has 8 nitrogen and oxygen atoms in total. The molecule has 0 bridgehead atoms. The first-order chi connectivity index (χ1) is 15.5. The van der Waals surface area contributed by atoms with Crippen molar-refractivity contribution in [3.05, 3.63) is 53.7 Å². The van der Waals surface area contributed by atoms with E-state index < -0.39 is 0 Å². The number of piperidine rings is 1. The Hall–Kier alpha value is -3.33. The minimum atomic E-state index is -0.281. The quantitative estimate of drug-likeness (QED) is 0.514. The van der Waals surface area contributed by atoms with Gasteiger partial charge in [0.25, 0.3) is 0 Å². The van der Waals surface area contributed by atoms with Gasteiger partial charge in [-0.25, -0.2) is 14.4 Å². The molecule has 0 unspecified atom stereocenters. The predicted molar refractivity (Wildman–Crippen MR) is 120 cm³/mol. The molecular formula is C23H25FN8. The molecule has 2 aliphatic rings. The molecule has 164 valence electrons. The van der Waals surface area contributed by atoms with Crippen molar-refractivity contribution in [2.75, 3.05) is 24.5 Å². The second kappa shape index (κ2) is 6.83. The van der Waals surface area contributed by atoms with Crippen molar-refractivity contribution in [2.45, 2.75) is 18.8 Å². The number of halogens is 1. The number of hydrogen-bond acceptors (Lipinski definition) is 6. The molecule has 3 N–H and O–H groups in total. The number of benzene rings is 1. The molecule has 1 saturated heterocycles. The Bertz CT molecular complexity index is 1330. The third-order valence-electron chi connectivity index (χ3n) is 7.61. The maximum Gasteiger partial charge on any atom is 0.177 e. The lowest BCUT2D eigenvalue weighted by Gasteiger charge is -2.26. The van der Waals surface area contributed by atoms with Gasteiger partial charge in [-0.2, -0.15) is 10.2 Å². The monoisotopic (exact) mass is 432 g/mol. The number of nitrogens with one attached hydrogen (secondary N) is 1. The highest BCUT2D eigenvalue weighted by Crippen LogP contribution is 2.63. The molecular weight excluding hydrogens is 407 g/mol. The molecule has 9 heteroatoms.